The number of carboxylic acids is 1. The molecule has 6 rings (SSSR count). The van der Waals surface area contributed by atoms with E-state index < -0.39 is 5.97 Å². The first-order valence-electron chi connectivity index (χ1n) is 14.9. The largest absolute Gasteiger partial charge is 0.497 e. The molecule has 0 atom stereocenters. The summed E-state index contributed by atoms with van der Waals surface area (Å²) in [6, 6.07) is 39.9. The number of benzene rings is 4. The van der Waals surface area contributed by atoms with E-state index in [0.29, 0.717) is 34.4 Å². The Hall–Kier alpha value is -6.15. The second kappa shape index (κ2) is 13.5. The molecule has 4 aromatic rings. The molecule has 0 aliphatic heterocycles. The standard InChI is InChI=1S/C39H34N2O6/c1-44-30-18-10-26(11-19-30)40(27-12-20-31(45-2)21-13-27)37-34-8-6-5-7-9-35(34)38(36(37)39(42)43)41(28-14-22-32(46-3)23-15-28)29-16-24-33(47-4)25-17-29/h5-25H,1-4H3,(H,42,43). The topological polar surface area (TPSA) is 80.7 Å². The van der Waals surface area contributed by atoms with Gasteiger partial charge in [0.1, 0.15) is 28.6 Å². The van der Waals surface area contributed by atoms with Crippen LogP contribution in [0.4, 0.5) is 34.1 Å². The highest BCUT2D eigenvalue weighted by atomic mass is 16.5. The Bertz CT molecular complexity index is 1710. The smallest absolute Gasteiger partial charge is 0.340 e. The summed E-state index contributed by atoms with van der Waals surface area (Å²) in [7, 11) is 6.46. The first kappa shape index (κ1) is 30.9. The molecule has 0 aromatic heterocycles. The number of nitrogens with zero attached hydrogens (tertiary/aromatic N) is 2. The number of hydrogen-bond acceptors (Lipinski definition) is 7. The lowest BCUT2D eigenvalue weighted by Crippen LogP contribution is -2.16. The lowest BCUT2D eigenvalue weighted by atomic mass is 10.1. The molecule has 0 heterocycles. The molecule has 0 saturated heterocycles. The van der Waals surface area contributed by atoms with Gasteiger partial charge in [0.2, 0.25) is 0 Å². The minimum atomic E-state index is -1.08. The van der Waals surface area contributed by atoms with E-state index in [-0.39, 0.29) is 5.56 Å². The van der Waals surface area contributed by atoms with Crippen molar-refractivity contribution in [3.63, 3.8) is 0 Å². The van der Waals surface area contributed by atoms with Crippen molar-refractivity contribution in [2.75, 3.05) is 38.2 Å². The number of carboxylic acid groups (broad SMARTS) is 1. The predicted octanol–water partition coefficient (Wildman–Crippen LogP) is 9.46. The number of methoxy groups -OCH3 is 4. The molecular weight excluding hydrogens is 592 g/mol. The van der Waals surface area contributed by atoms with E-state index in [1.807, 2.05) is 137 Å². The quantitative estimate of drug-likeness (QED) is 0.152. The molecule has 0 bridgehead atoms. The van der Waals surface area contributed by atoms with Crippen molar-refractivity contribution in [3.05, 3.63) is 133 Å². The number of anilines is 6. The van der Waals surface area contributed by atoms with Gasteiger partial charge in [-0.3, -0.25) is 0 Å². The van der Waals surface area contributed by atoms with Crippen molar-refractivity contribution in [2.45, 2.75) is 0 Å². The van der Waals surface area contributed by atoms with Crippen molar-refractivity contribution in [3.8, 4) is 34.1 Å². The number of carbonyl (C=O) groups is 1. The minimum absolute atomic E-state index is 0.129. The maximum absolute atomic E-state index is 13.7. The number of ether oxygens (including phenoxy) is 4. The molecule has 4 aromatic carbocycles. The maximum atomic E-state index is 13.7. The number of hydrogen-bond donors (Lipinski definition) is 1. The molecule has 2 aliphatic carbocycles. The van der Waals surface area contributed by atoms with Crippen LogP contribution in [0.3, 0.4) is 0 Å². The Morgan fingerprint density at radius 3 is 0.957 bits per heavy atom. The van der Waals surface area contributed by atoms with Crippen LogP contribution < -0.4 is 28.7 Å². The highest BCUT2D eigenvalue weighted by molar-refractivity contribution is 6.16. The normalized spacial score (nSPS) is 10.7. The summed E-state index contributed by atoms with van der Waals surface area (Å²) in [5, 5.41) is 11.2. The van der Waals surface area contributed by atoms with E-state index in [2.05, 4.69) is 0 Å². The predicted molar refractivity (Wildman–Crippen MR) is 186 cm³/mol. The summed E-state index contributed by atoms with van der Waals surface area (Å²) in [4.78, 5) is 17.6. The second-order valence-corrected chi connectivity index (χ2v) is 10.6. The Morgan fingerprint density at radius 1 is 0.447 bits per heavy atom. The Labute approximate surface area is 273 Å². The van der Waals surface area contributed by atoms with Crippen molar-refractivity contribution in [1.29, 1.82) is 0 Å². The molecule has 1 N–H and O–H groups in total. The highest BCUT2D eigenvalue weighted by Gasteiger charge is 2.35. The number of fused-ring (bicyclic) bond motifs is 1. The van der Waals surface area contributed by atoms with Crippen LogP contribution in [0.5, 0.6) is 23.0 Å². The van der Waals surface area contributed by atoms with E-state index in [1.54, 1.807) is 28.4 Å². The fourth-order valence-corrected chi connectivity index (χ4v) is 5.75. The summed E-state index contributed by atoms with van der Waals surface area (Å²) in [6.45, 7) is 0. The van der Waals surface area contributed by atoms with E-state index in [0.717, 1.165) is 33.9 Å². The summed E-state index contributed by atoms with van der Waals surface area (Å²) >= 11 is 0. The molecular formula is C39H34N2O6. The van der Waals surface area contributed by atoms with Gasteiger partial charge >= 0.3 is 5.97 Å². The molecule has 0 amide bonds. The van der Waals surface area contributed by atoms with Crippen LogP contribution >= 0.6 is 0 Å². The molecule has 0 fully saturated rings. The van der Waals surface area contributed by atoms with Gasteiger partial charge in [0, 0.05) is 33.9 Å². The lowest BCUT2D eigenvalue weighted by Gasteiger charge is -2.28. The minimum Gasteiger partial charge on any atom is -0.497 e. The molecule has 236 valence electrons. The molecule has 47 heavy (non-hydrogen) atoms. The molecule has 2 aliphatic rings. The van der Waals surface area contributed by atoms with Crippen molar-refractivity contribution >= 4 is 40.1 Å². The maximum Gasteiger partial charge on any atom is 0.340 e. The van der Waals surface area contributed by atoms with Gasteiger partial charge in [-0.25, -0.2) is 4.79 Å². The Morgan fingerprint density at radius 2 is 0.723 bits per heavy atom. The van der Waals surface area contributed by atoms with E-state index in [9.17, 15) is 9.90 Å². The van der Waals surface area contributed by atoms with Gasteiger partial charge < -0.3 is 33.9 Å². The molecule has 0 unspecified atom stereocenters. The molecule has 0 radical (unpaired) electrons. The summed E-state index contributed by atoms with van der Waals surface area (Å²) < 4.78 is 21.8. The van der Waals surface area contributed by atoms with Crippen LogP contribution in [0.25, 0.3) is 11.1 Å². The molecule has 8 heteroatoms. The summed E-state index contributed by atoms with van der Waals surface area (Å²) in [5.74, 6) is 1.67. The van der Waals surface area contributed by atoms with Gasteiger partial charge in [-0.15, -0.1) is 0 Å². The van der Waals surface area contributed by atoms with E-state index >= 15 is 0 Å². The van der Waals surface area contributed by atoms with Crippen molar-refractivity contribution in [1.82, 2.24) is 0 Å². The third-order valence-electron chi connectivity index (χ3n) is 8.01. The molecule has 8 nitrogen and oxygen atoms in total. The van der Waals surface area contributed by atoms with Crippen LogP contribution in [0.15, 0.2) is 127 Å². The zero-order valence-corrected chi connectivity index (χ0v) is 26.5. The summed E-state index contributed by atoms with van der Waals surface area (Å²) in [6.07, 6.45) is 0. The Balaban J connectivity index is 1.70. The van der Waals surface area contributed by atoms with Crippen molar-refractivity contribution < 1.29 is 28.8 Å². The zero-order valence-electron chi connectivity index (χ0n) is 26.5. The summed E-state index contributed by atoms with van der Waals surface area (Å²) in [5.41, 5.74) is 5.68. The third-order valence-corrected chi connectivity index (χ3v) is 8.01. The van der Waals surface area contributed by atoms with E-state index in [4.69, 9.17) is 18.9 Å². The van der Waals surface area contributed by atoms with E-state index in [1.165, 1.54) is 0 Å². The first-order valence-corrected chi connectivity index (χ1v) is 14.9. The lowest BCUT2D eigenvalue weighted by molar-refractivity contribution is 0.0699. The highest BCUT2D eigenvalue weighted by Crippen LogP contribution is 2.55. The SMILES string of the molecule is COc1ccc(N(c2ccc(OC)cc2)c2c3cccccc-3c(N(c3ccc(OC)cc3)c3ccc(OC)cc3)c2C(=O)O)cc1. The Kier molecular flexibility index (Phi) is 8.84. The van der Waals surface area contributed by atoms with Crippen molar-refractivity contribution in [2.24, 2.45) is 0 Å². The van der Waals surface area contributed by atoms with Gasteiger partial charge in [0.25, 0.3) is 0 Å². The first-order chi connectivity index (χ1) is 23.0. The van der Waals surface area contributed by atoms with Crippen LogP contribution in [0, 0.1) is 0 Å². The van der Waals surface area contributed by atoms with Crippen LogP contribution in [-0.2, 0) is 0 Å². The van der Waals surface area contributed by atoms with Gasteiger partial charge in [-0.1, -0.05) is 30.3 Å². The fourth-order valence-electron chi connectivity index (χ4n) is 5.75. The third kappa shape index (κ3) is 5.96. The van der Waals surface area contributed by atoms with Gasteiger partial charge in [0.15, 0.2) is 0 Å². The fraction of sp³-hybridized carbons (Fsp3) is 0.103. The van der Waals surface area contributed by atoms with Gasteiger partial charge in [-0.05, 0) is 97.1 Å². The van der Waals surface area contributed by atoms with Gasteiger partial charge in [0.05, 0.1) is 39.8 Å². The van der Waals surface area contributed by atoms with Crippen LogP contribution in [0.2, 0.25) is 0 Å². The average molecular weight is 627 g/mol. The monoisotopic (exact) mass is 626 g/mol. The molecule has 0 saturated carbocycles. The number of aromatic carboxylic acids is 1. The molecule has 0 spiro atoms. The van der Waals surface area contributed by atoms with Gasteiger partial charge in [-0.2, -0.15) is 0 Å². The number of rotatable bonds is 11. The van der Waals surface area contributed by atoms with Crippen LogP contribution in [-0.4, -0.2) is 39.5 Å². The average Bonchev–Trinajstić information content (AvgIpc) is 3.24. The van der Waals surface area contributed by atoms with Crippen LogP contribution in [0.1, 0.15) is 10.4 Å². The second-order valence-electron chi connectivity index (χ2n) is 10.6. The zero-order chi connectivity index (χ0) is 32.9.